The molecule has 0 radical (unpaired) electrons. The van der Waals surface area contributed by atoms with Crippen LogP contribution in [-0.2, 0) is 13.6 Å². The summed E-state index contributed by atoms with van der Waals surface area (Å²) in [4.78, 5) is 32.2. The number of nitrogen functional groups attached to an aromatic ring is 1. The number of carbonyl (C=O) groups excluding carboxylic acids is 1. The van der Waals surface area contributed by atoms with Gasteiger partial charge < -0.3 is 15.6 Å². The second-order valence-corrected chi connectivity index (χ2v) is 11.0. The summed E-state index contributed by atoms with van der Waals surface area (Å²) in [7, 11) is 9.66. The number of carbonyl (C=O) groups is 1. The van der Waals surface area contributed by atoms with Gasteiger partial charge in [0.15, 0.2) is 11.5 Å². The molecule has 14 heteroatoms. The Balaban J connectivity index is 1.65. The van der Waals surface area contributed by atoms with Gasteiger partial charge in [-0.25, -0.2) is 9.50 Å². The van der Waals surface area contributed by atoms with Crippen LogP contribution in [0.3, 0.4) is 0 Å². The van der Waals surface area contributed by atoms with E-state index in [9.17, 15) is 9.59 Å². The molecule has 4 heterocycles. The van der Waals surface area contributed by atoms with E-state index in [0.717, 1.165) is 27.5 Å². The van der Waals surface area contributed by atoms with Gasteiger partial charge in [0.2, 0.25) is 0 Å². The Morgan fingerprint density at radius 3 is 2.64 bits per heavy atom. The molecular formula is C31H30B4N8O2. The first-order valence-electron chi connectivity index (χ1n) is 14.4. The standard InChI is InChI=1S/C31H30B4N8O2/c1-4-21(32)26(34)27(35)22(33)16-42-23(17(2)39-30(44)25-28(36)40-43-12-6-11-37-29(25)43)13-20-8-5-7-19(24(20)31(42)45)10-9-18-14-38-41(3)15-18/h1,5-8,11-15,17H,16,32-35H2,2-3H3,(H2,36,40)(H,39,44)/b26-21-,27-22-. The van der Waals surface area contributed by atoms with Crippen LogP contribution in [0.5, 0.6) is 0 Å². The number of amides is 1. The van der Waals surface area contributed by atoms with Crippen LogP contribution in [0.2, 0.25) is 0 Å². The lowest BCUT2D eigenvalue weighted by molar-refractivity contribution is 0.0940. The topological polar surface area (TPSA) is 125 Å². The second-order valence-electron chi connectivity index (χ2n) is 11.0. The third-order valence-electron chi connectivity index (χ3n) is 8.03. The van der Waals surface area contributed by atoms with E-state index in [1.165, 1.54) is 4.52 Å². The Hall–Kier alpha value is -5.61. The van der Waals surface area contributed by atoms with Gasteiger partial charge in [0.1, 0.15) is 36.9 Å². The fourth-order valence-electron chi connectivity index (χ4n) is 5.20. The second kappa shape index (κ2) is 12.6. The van der Waals surface area contributed by atoms with Crippen LogP contribution in [-0.4, -0.2) is 66.2 Å². The van der Waals surface area contributed by atoms with Crippen molar-refractivity contribution in [2.75, 3.05) is 5.73 Å². The molecule has 0 aliphatic carbocycles. The number of hydrogen-bond donors (Lipinski definition) is 2. The lowest BCUT2D eigenvalue weighted by Gasteiger charge is -2.22. The Bertz CT molecular complexity index is 2230. The molecule has 0 bridgehead atoms. The van der Waals surface area contributed by atoms with Crippen LogP contribution in [0.4, 0.5) is 5.82 Å². The Kier molecular flexibility index (Phi) is 8.60. The highest BCUT2D eigenvalue weighted by Crippen LogP contribution is 2.23. The van der Waals surface area contributed by atoms with E-state index < -0.39 is 11.9 Å². The highest BCUT2D eigenvalue weighted by Gasteiger charge is 2.23. The van der Waals surface area contributed by atoms with Crippen LogP contribution < -0.4 is 16.6 Å². The predicted molar refractivity (Wildman–Crippen MR) is 188 cm³/mol. The molecule has 0 aliphatic heterocycles. The molecule has 0 saturated heterocycles. The number of nitrogens with two attached hydrogens (primary N) is 1. The molecule has 5 rings (SSSR count). The Morgan fingerprint density at radius 1 is 1.16 bits per heavy atom. The van der Waals surface area contributed by atoms with Crippen molar-refractivity contribution in [2.24, 2.45) is 7.05 Å². The summed E-state index contributed by atoms with van der Waals surface area (Å²) in [5, 5.41) is 12.6. The van der Waals surface area contributed by atoms with Crippen LogP contribution in [0, 0.1) is 24.2 Å². The number of anilines is 1. The number of fused-ring (bicyclic) bond motifs is 2. The minimum Gasteiger partial charge on any atom is -0.381 e. The zero-order chi connectivity index (χ0) is 32.4. The van der Waals surface area contributed by atoms with Crippen molar-refractivity contribution in [3.8, 4) is 24.2 Å². The van der Waals surface area contributed by atoms with Crippen molar-refractivity contribution >= 4 is 59.5 Å². The van der Waals surface area contributed by atoms with E-state index in [0.29, 0.717) is 27.7 Å². The lowest BCUT2D eigenvalue weighted by Crippen LogP contribution is -2.33. The van der Waals surface area contributed by atoms with Gasteiger partial charge in [-0.05, 0) is 36.0 Å². The molecule has 3 N–H and O–H groups in total. The molecule has 1 amide bonds. The molecule has 10 nitrogen and oxygen atoms in total. The minimum atomic E-state index is -0.588. The van der Waals surface area contributed by atoms with Crippen LogP contribution >= 0.6 is 0 Å². The number of nitrogens with one attached hydrogen (secondary N) is 1. The van der Waals surface area contributed by atoms with Gasteiger partial charge in [0.25, 0.3) is 11.5 Å². The number of aryl methyl sites for hydroxylation is 1. The van der Waals surface area contributed by atoms with E-state index in [1.807, 2.05) is 75.8 Å². The van der Waals surface area contributed by atoms with E-state index in [4.69, 9.17) is 12.2 Å². The highest BCUT2D eigenvalue weighted by atomic mass is 16.2. The third kappa shape index (κ3) is 6.09. The Morgan fingerprint density at radius 2 is 1.93 bits per heavy atom. The van der Waals surface area contributed by atoms with Crippen molar-refractivity contribution in [3.63, 3.8) is 0 Å². The summed E-state index contributed by atoms with van der Waals surface area (Å²) in [5.41, 5.74) is 12.1. The number of allylic oxidation sites excluding steroid dienone is 4. The number of benzene rings is 1. The van der Waals surface area contributed by atoms with E-state index in [-0.39, 0.29) is 23.5 Å². The number of pyridine rings is 1. The molecule has 0 fully saturated rings. The van der Waals surface area contributed by atoms with E-state index in [2.05, 4.69) is 38.3 Å². The minimum absolute atomic E-state index is 0.0617. The van der Waals surface area contributed by atoms with E-state index >= 15 is 0 Å². The highest BCUT2D eigenvalue weighted by molar-refractivity contribution is 6.44. The first-order valence-corrected chi connectivity index (χ1v) is 14.4. The maximum atomic E-state index is 14.4. The predicted octanol–water partition coefficient (Wildman–Crippen LogP) is -1.16. The van der Waals surface area contributed by atoms with Crippen LogP contribution in [0.25, 0.3) is 16.4 Å². The van der Waals surface area contributed by atoms with Gasteiger partial charge >= 0.3 is 0 Å². The molecule has 1 atom stereocenters. The molecular weight excluding hydrogens is 560 g/mol. The van der Waals surface area contributed by atoms with Crippen molar-refractivity contribution in [1.82, 2.24) is 34.3 Å². The molecule has 0 aliphatic rings. The van der Waals surface area contributed by atoms with E-state index in [1.54, 1.807) is 33.9 Å². The lowest BCUT2D eigenvalue weighted by atomic mass is 9.66. The number of hydrogen-bond acceptors (Lipinski definition) is 6. The van der Waals surface area contributed by atoms with Crippen molar-refractivity contribution in [1.29, 1.82) is 0 Å². The average molecular weight is 590 g/mol. The number of terminal acetylenes is 1. The van der Waals surface area contributed by atoms with Gasteiger partial charge in [-0.15, -0.1) is 17.0 Å². The smallest absolute Gasteiger partial charge is 0.260 e. The van der Waals surface area contributed by atoms with Gasteiger partial charge in [0.05, 0.1) is 23.2 Å². The zero-order valence-corrected chi connectivity index (χ0v) is 26.1. The molecule has 218 valence electrons. The fraction of sp³-hybridized carbons (Fsp3) is 0.129. The first kappa shape index (κ1) is 30.8. The maximum Gasteiger partial charge on any atom is 0.260 e. The largest absolute Gasteiger partial charge is 0.381 e. The zero-order valence-electron chi connectivity index (χ0n) is 26.1. The fourth-order valence-corrected chi connectivity index (χ4v) is 5.20. The number of nitrogens with zero attached hydrogens (tertiary/aromatic N) is 6. The molecule has 0 spiro atoms. The van der Waals surface area contributed by atoms with Crippen LogP contribution in [0.15, 0.2) is 81.8 Å². The summed E-state index contributed by atoms with van der Waals surface area (Å²) >= 11 is 0. The van der Waals surface area contributed by atoms with Gasteiger partial charge in [-0.2, -0.15) is 5.10 Å². The molecule has 0 saturated carbocycles. The number of rotatable bonds is 6. The van der Waals surface area contributed by atoms with Crippen LogP contribution in [0.1, 0.15) is 40.1 Å². The Labute approximate surface area is 264 Å². The van der Waals surface area contributed by atoms with Crippen molar-refractivity contribution < 1.29 is 4.79 Å². The van der Waals surface area contributed by atoms with Crippen molar-refractivity contribution in [3.05, 3.63) is 110 Å². The SMILES string of the molecule is B/C(C#C)=C(B)/C(B)=C(/B)Cn1c(C(C)NC(=O)c2c(N)nn3cccnc23)cc2cccc(C#Cc3cnn(C)c3)c2c1=O. The monoisotopic (exact) mass is 590 g/mol. The quantitative estimate of drug-likeness (QED) is 0.146. The maximum absolute atomic E-state index is 14.4. The first-order chi connectivity index (χ1) is 21.5. The average Bonchev–Trinajstić information content (AvgIpc) is 3.60. The molecule has 5 aromatic rings. The van der Waals surface area contributed by atoms with Crippen molar-refractivity contribution in [2.45, 2.75) is 19.5 Å². The molecule has 1 unspecified atom stereocenters. The summed E-state index contributed by atoms with van der Waals surface area (Å²) in [5.74, 6) is 8.60. The van der Waals surface area contributed by atoms with Gasteiger partial charge in [-0.1, -0.05) is 40.8 Å². The summed E-state index contributed by atoms with van der Waals surface area (Å²) in [6, 6.07) is 8.61. The summed E-state index contributed by atoms with van der Waals surface area (Å²) < 4.78 is 4.83. The summed E-state index contributed by atoms with van der Waals surface area (Å²) in [6.07, 6.45) is 12.4. The molecule has 45 heavy (non-hydrogen) atoms. The molecule has 4 aromatic heterocycles. The number of aromatic nitrogens is 6. The van der Waals surface area contributed by atoms with Gasteiger partial charge in [0, 0.05) is 43.4 Å². The van der Waals surface area contributed by atoms with Gasteiger partial charge in [-0.3, -0.25) is 14.3 Å². The normalized spacial score (nSPS) is 12.9. The third-order valence-corrected chi connectivity index (χ3v) is 8.03. The summed E-state index contributed by atoms with van der Waals surface area (Å²) in [6.45, 7) is 2.10. The molecule has 1 aromatic carbocycles.